The van der Waals surface area contributed by atoms with Crippen LogP contribution in [-0.2, 0) is 20.7 Å². The predicted molar refractivity (Wildman–Crippen MR) is 165 cm³/mol. The molecule has 0 spiro atoms. The van der Waals surface area contributed by atoms with Gasteiger partial charge >= 0.3 is 0 Å². The van der Waals surface area contributed by atoms with Gasteiger partial charge in [-0.1, -0.05) is 43.3 Å². The average Bonchev–Trinajstić information content (AvgIpc) is 3.51. The van der Waals surface area contributed by atoms with Crippen LogP contribution < -0.4 is 11.1 Å². The number of carbonyl (C=O) groups is 3. The topological polar surface area (TPSA) is 121 Å². The molecular weight excluding hydrogens is 530 g/mol. The van der Waals surface area contributed by atoms with Crippen molar-refractivity contribution in [1.29, 1.82) is 0 Å². The smallest absolute Gasteiger partial charge is 0.256 e. The van der Waals surface area contributed by atoms with Gasteiger partial charge in [0.05, 0.1) is 30.8 Å². The molecule has 220 valence electrons. The second kappa shape index (κ2) is 12.8. The summed E-state index contributed by atoms with van der Waals surface area (Å²) in [5.74, 6) is -0.199. The number of aromatic nitrogens is 1. The number of ether oxygens (including phenoxy) is 1. The van der Waals surface area contributed by atoms with Crippen LogP contribution in [0.2, 0.25) is 0 Å². The Labute approximate surface area is 246 Å². The first-order valence-corrected chi connectivity index (χ1v) is 14.6. The SMILES string of the molecule is CCCN(C[C@H](C)N)C(=O)Cc1cccc(-c2cccc3c2/C(=C/c2[nH]cc(C(=O)N4CCOCC4)c2C)C(=O)N3)c1. The van der Waals surface area contributed by atoms with E-state index in [0.29, 0.717) is 56.2 Å². The van der Waals surface area contributed by atoms with Gasteiger partial charge in [0.15, 0.2) is 0 Å². The van der Waals surface area contributed by atoms with E-state index in [1.807, 2.05) is 67.3 Å². The van der Waals surface area contributed by atoms with Crippen LogP contribution >= 0.6 is 0 Å². The minimum absolute atomic E-state index is 0.0431. The quantitative estimate of drug-likeness (QED) is 0.336. The fourth-order valence-corrected chi connectivity index (χ4v) is 5.66. The van der Waals surface area contributed by atoms with Gasteiger partial charge in [0, 0.05) is 55.4 Å². The Balaban J connectivity index is 1.45. The molecule has 3 heterocycles. The van der Waals surface area contributed by atoms with Crippen LogP contribution in [0.1, 0.15) is 53.0 Å². The summed E-state index contributed by atoms with van der Waals surface area (Å²) < 4.78 is 5.38. The van der Waals surface area contributed by atoms with Crippen molar-refractivity contribution in [1.82, 2.24) is 14.8 Å². The van der Waals surface area contributed by atoms with E-state index < -0.39 is 0 Å². The Bertz CT molecular complexity index is 1520. The van der Waals surface area contributed by atoms with Gasteiger partial charge in [-0.3, -0.25) is 14.4 Å². The molecule has 3 amide bonds. The minimum atomic E-state index is -0.204. The molecule has 1 atom stereocenters. The molecule has 9 nitrogen and oxygen atoms in total. The zero-order valence-corrected chi connectivity index (χ0v) is 24.5. The summed E-state index contributed by atoms with van der Waals surface area (Å²) in [6.07, 6.45) is 4.68. The number of fused-ring (bicyclic) bond motifs is 1. The van der Waals surface area contributed by atoms with Crippen molar-refractivity contribution in [3.05, 3.63) is 76.6 Å². The number of carbonyl (C=O) groups excluding carboxylic acids is 3. The summed E-state index contributed by atoms with van der Waals surface area (Å²) >= 11 is 0. The van der Waals surface area contributed by atoms with E-state index >= 15 is 0 Å². The molecule has 1 fully saturated rings. The van der Waals surface area contributed by atoms with Gasteiger partial charge < -0.3 is 30.6 Å². The number of hydrogen-bond donors (Lipinski definition) is 3. The van der Waals surface area contributed by atoms with E-state index in [1.165, 1.54) is 0 Å². The van der Waals surface area contributed by atoms with Crippen molar-refractivity contribution in [2.75, 3.05) is 44.7 Å². The maximum absolute atomic E-state index is 13.2. The fraction of sp³-hybridized carbons (Fsp3) is 0.364. The molecule has 2 aromatic carbocycles. The largest absolute Gasteiger partial charge is 0.378 e. The molecule has 0 bridgehead atoms. The van der Waals surface area contributed by atoms with Crippen LogP contribution in [0.3, 0.4) is 0 Å². The molecule has 2 aliphatic heterocycles. The number of aromatic amines is 1. The first-order chi connectivity index (χ1) is 20.3. The van der Waals surface area contributed by atoms with Crippen molar-refractivity contribution in [2.45, 2.75) is 39.7 Å². The Morgan fingerprint density at radius 3 is 2.67 bits per heavy atom. The summed E-state index contributed by atoms with van der Waals surface area (Å²) in [5, 5.41) is 2.99. The van der Waals surface area contributed by atoms with E-state index in [9.17, 15) is 14.4 Å². The standard InChI is InChI=1S/C33H39N5O4/c1-4-11-38(20-21(2)34)30(39)17-23-7-5-8-24(16-23)25-9-6-10-28-31(25)26(32(40)36-28)18-29-22(3)27(19-35-29)33(41)37-12-14-42-15-13-37/h5-10,16,18-19,21,35H,4,11-15,17,20,34H2,1-3H3,(H,36,40)/b26-18-/t21-/m0/s1. The predicted octanol–water partition coefficient (Wildman–Crippen LogP) is 4.08. The van der Waals surface area contributed by atoms with E-state index in [0.717, 1.165) is 39.9 Å². The van der Waals surface area contributed by atoms with Crippen LogP contribution in [0.5, 0.6) is 0 Å². The monoisotopic (exact) mass is 569 g/mol. The highest BCUT2D eigenvalue weighted by Gasteiger charge is 2.29. The van der Waals surface area contributed by atoms with Crippen LogP contribution in [0, 0.1) is 6.92 Å². The van der Waals surface area contributed by atoms with Crippen LogP contribution in [0.15, 0.2) is 48.7 Å². The summed E-state index contributed by atoms with van der Waals surface area (Å²) in [5.41, 5.74) is 12.8. The van der Waals surface area contributed by atoms with Gasteiger partial charge in [-0.2, -0.15) is 0 Å². The normalized spacial score (nSPS) is 16.3. The number of hydrogen-bond acceptors (Lipinski definition) is 5. The van der Waals surface area contributed by atoms with Crippen LogP contribution in [-0.4, -0.2) is 77.9 Å². The van der Waals surface area contributed by atoms with E-state index in [4.69, 9.17) is 10.5 Å². The molecule has 5 rings (SSSR count). The van der Waals surface area contributed by atoms with Gasteiger partial charge in [-0.25, -0.2) is 0 Å². The molecule has 9 heteroatoms. The van der Waals surface area contributed by atoms with Gasteiger partial charge in [-0.15, -0.1) is 0 Å². The highest BCUT2D eigenvalue weighted by atomic mass is 16.5. The second-order valence-corrected chi connectivity index (χ2v) is 11.1. The number of benzene rings is 2. The summed E-state index contributed by atoms with van der Waals surface area (Å²) in [7, 11) is 0. The van der Waals surface area contributed by atoms with Gasteiger partial charge in [-0.05, 0) is 54.7 Å². The average molecular weight is 570 g/mol. The molecule has 3 aromatic rings. The molecule has 0 unspecified atom stereocenters. The molecule has 1 aromatic heterocycles. The number of morpholine rings is 1. The Morgan fingerprint density at radius 1 is 1.17 bits per heavy atom. The first-order valence-electron chi connectivity index (χ1n) is 14.6. The molecule has 2 aliphatic rings. The molecule has 1 saturated heterocycles. The van der Waals surface area contributed by atoms with Crippen molar-refractivity contribution in [2.24, 2.45) is 5.73 Å². The zero-order chi connectivity index (χ0) is 29.8. The molecule has 0 radical (unpaired) electrons. The minimum Gasteiger partial charge on any atom is -0.378 e. The molecular formula is C33H39N5O4. The van der Waals surface area contributed by atoms with E-state index in [-0.39, 0.29) is 30.2 Å². The number of H-pyrrole nitrogens is 1. The summed E-state index contributed by atoms with van der Waals surface area (Å²) in [4.78, 5) is 46.3. The third-order valence-electron chi connectivity index (χ3n) is 7.77. The third kappa shape index (κ3) is 6.17. The van der Waals surface area contributed by atoms with Crippen molar-refractivity contribution in [3.8, 4) is 11.1 Å². The number of rotatable bonds is 9. The first kappa shape index (κ1) is 29.3. The van der Waals surface area contributed by atoms with E-state index in [1.54, 1.807) is 11.1 Å². The highest BCUT2D eigenvalue weighted by molar-refractivity contribution is 6.36. The Hall–Kier alpha value is -4.21. The summed E-state index contributed by atoms with van der Waals surface area (Å²) in [6.45, 7) is 9.24. The number of amides is 3. The van der Waals surface area contributed by atoms with Crippen molar-refractivity contribution in [3.63, 3.8) is 0 Å². The second-order valence-electron chi connectivity index (χ2n) is 11.1. The Morgan fingerprint density at radius 2 is 1.93 bits per heavy atom. The lowest BCUT2D eigenvalue weighted by atomic mass is 9.92. The molecule has 0 saturated carbocycles. The van der Waals surface area contributed by atoms with Crippen LogP contribution in [0.25, 0.3) is 22.8 Å². The molecule has 0 aliphatic carbocycles. The lowest BCUT2D eigenvalue weighted by molar-refractivity contribution is -0.130. The van der Waals surface area contributed by atoms with Gasteiger partial charge in [0.25, 0.3) is 11.8 Å². The van der Waals surface area contributed by atoms with Gasteiger partial charge in [0.1, 0.15) is 0 Å². The van der Waals surface area contributed by atoms with Gasteiger partial charge in [0.2, 0.25) is 5.91 Å². The van der Waals surface area contributed by atoms with E-state index in [2.05, 4.69) is 17.2 Å². The lowest BCUT2D eigenvalue weighted by Gasteiger charge is -2.26. The van der Waals surface area contributed by atoms with Crippen LogP contribution in [0.4, 0.5) is 5.69 Å². The number of nitrogens with one attached hydrogen (secondary N) is 2. The fourth-order valence-electron chi connectivity index (χ4n) is 5.66. The summed E-state index contributed by atoms with van der Waals surface area (Å²) in [6, 6.07) is 13.6. The zero-order valence-electron chi connectivity index (χ0n) is 24.5. The number of anilines is 1. The molecule has 4 N–H and O–H groups in total. The third-order valence-corrected chi connectivity index (χ3v) is 7.77. The maximum Gasteiger partial charge on any atom is 0.256 e. The highest BCUT2D eigenvalue weighted by Crippen LogP contribution is 2.41. The number of nitrogens with zero attached hydrogens (tertiary/aromatic N) is 2. The van der Waals surface area contributed by atoms with Crippen molar-refractivity contribution >= 4 is 35.1 Å². The maximum atomic E-state index is 13.2. The lowest BCUT2D eigenvalue weighted by Crippen LogP contribution is -2.41. The number of nitrogens with two attached hydrogens (primary N) is 1. The Kier molecular flexibility index (Phi) is 8.89. The molecule has 42 heavy (non-hydrogen) atoms. The van der Waals surface area contributed by atoms with Crippen molar-refractivity contribution < 1.29 is 19.1 Å².